The second kappa shape index (κ2) is 6.15. The number of carboxylic acids is 1. The molecule has 1 atom stereocenters. The Morgan fingerprint density at radius 1 is 1.35 bits per heavy atom. The van der Waals surface area contributed by atoms with Gasteiger partial charge in [-0.15, -0.1) is 11.8 Å². The first kappa shape index (κ1) is 15.3. The predicted molar refractivity (Wildman–Crippen MR) is 77.4 cm³/mol. The van der Waals surface area contributed by atoms with Crippen molar-refractivity contribution < 1.29 is 18.3 Å². The summed E-state index contributed by atoms with van der Waals surface area (Å²) in [6, 6.07) is 5.75. The monoisotopic (exact) mass is 315 g/mol. The van der Waals surface area contributed by atoms with Crippen LogP contribution in [-0.2, 0) is 14.8 Å². The van der Waals surface area contributed by atoms with Crippen LogP contribution in [0.25, 0.3) is 0 Å². The van der Waals surface area contributed by atoms with E-state index in [2.05, 4.69) is 0 Å². The van der Waals surface area contributed by atoms with Crippen LogP contribution in [0.2, 0.25) is 0 Å². The number of carboxylic acid groups (broad SMARTS) is 1. The summed E-state index contributed by atoms with van der Waals surface area (Å²) in [5.41, 5.74) is 0. The van der Waals surface area contributed by atoms with Crippen molar-refractivity contribution in [2.24, 2.45) is 0 Å². The number of hydrogen-bond acceptors (Lipinski definition) is 4. The molecule has 0 aliphatic carbocycles. The number of hydrogen-bond donors (Lipinski definition) is 1. The van der Waals surface area contributed by atoms with Gasteiger partial charge in [0.15, 0.2) is 0 Å². The molecule has 0 bridgehead atoms. The molecule has 1 N–H and O–H groups in total. The summed E-state index contributed by atoms with van der Waals surface area (Å²) in [6.45, 7) is 0.266. The van der Waals surface area contributed by atoms with Gasteiger partial charge in [0, 0.05) is 11.4 Å². The lowest BCUT2D eigenvalue weighted by molar-refractivity contribution is -0.142. The van der Waals surface area contributed by atoms with Gasteiger partial charge in [0.1, 0.15) is 6.04 Å². The Kier molecular flexibility index (Phi) is 4.72. The Morgan fingerprint density at radius 2 is 2.05 bits per heavy atom. The maximum absolute atomic E-state index is 12.7. The minimum atomic E-state index is -3.77. The van der Waals surface area contributed by atoms with Gasteiger partial charge in [-0.05, 0) is 37.7 Å². The first-order valence-corrected chi connectivity index (χ1v) is 9.02. The van der Waals surface area contributed by atoms with Crippen LogP contribution in [0.3, 0.4) is 0 Å². The zero-order valence-electron chi connectivity index (χ0n) is 11.2. The van der Waals surface area contributed by atoms with Gasteiger partial charge in [-0.3, -0.25) is 4.79 Å². The minimum Gasteiger partial charge on any atom is -0.480 e. The maximum atomic E-state index is 12.7. The minimum absolute atomic E-state index is 0.195. The van der Waals surface area contributed by atoms with Crippen LogP contribution in [0.15, 0.2) is 34.1 Å². The molecule has 1 aliphatic rings. The molecule has 1 aromatic rings. The highest BCUT2D eigenvalue weighted by molar-refractivity contribution is 7.99. The van der Waals surface area contributed by atoms with Gasteiger partial charge >= 0.3 is 5.97 Å². The molecule has 5 nitrogen and oxygen atoms in total. The Bertz CT molecular complexity index is 600. The summed E-state index contributed by atoms with van der Waals surface area (Å²) in [5.74, 6) is -1.07. The predicted octanol–water partition coefficient (Wildman–Crippen LogP) is 2.04. The van der Waals surface area contributed by atoms with Gasteiger partial charge in [-0.2, -0.15) is 4.31 Å². The van der Waals surface area contributed by atoms with E-state index in [4.69, 9.17) is 0 Å². The molecule has 1 unspecified atom stereocenters. The third-order valence-electron chi connectivity index (χ3n) is 3.39. The molecule has 20 heavy (non-hydrogen) atoms. The van der Waals surface area contributed by atoms with Crippen molar-refractivity contribution in [1.29, 1.82) is 0 Å². The highest BCUT2D eigenvalue weighted by Crippen LogP contribution is 2.30. The van der Waals surface area contributed by atoms with Crippen molar-refractivity contribution in [1.82, 2.24) is 4.31 Å². The molecule has 2 rings (SSSR count). The van der Waals surface area contributed by atoms with E-state index in [9.17, 15) is 18.3 Å². The zero-order chi connectivity index (χ0) is 14.8. The van der Waals surface area contributed by atoms with E-state index in [1.165, 1.54) is 17.8 Å². The fourth-order valence-electron chi connectivity index (χ4n) is 2.40. The standard InChI is InChI=1S/C13H17NO4S2/c1-19-11-7-2-3-8-12(11)20(17,18)14-9-5-4-6-10(14)13(15)16/h2-3,7-8,10H,4-6,9H2,1H3,(H,15,16). The number of carbonyl (C=O) groups is 1. The lowest BCUT2D eigenvalue weighted by atomic mass is 10.1. The normalized spacial score (nSPS) is 20.8. The largest absolute Gasteiger partial charge is 0.480 e. The first-order valence-electron chi connectivity index (χ1n) is 6.36. The molecule has 0 spiro atoms. The molecule has 1 saturated heterocycles. The van der Waals surface area contributed by atoms with Gasteiger partial charge in [-0.1, -0.05) is 12.1 Å². The van der Waals surface area contributed by atoms with Gasteiger partial charge in [-0.25, -0.2) is 8.42 Å². The number of rotatable bonds is 4. The fourth-order valence-corrected chi connectivity index (χ4v) is 5.17. The molecule has 110 valence electrons. The van der Waals surface area contributed by atoms with Gasteiger partial charge in [0.25, 0.3) is 0 Å². The topological polar surface area (TPSA) is 74.7 Å². The summed E-state index contributed by atoms with van der Waals surface area (Å²) >= 11 is 1.34. The van der Waals surface area contributed by atoms with Gasteiger partial charge in [0.05, 0.1) is 4.90 Å². The number of nitrogens with zero attached hydrogens (tertiary/aromatic N) is 1. The quantitative estimate of drug-likeness (QED) is 0.861. The molecule has 0 amide bonds. The Hall–Kier alpha value is -1.05. The van der Waals surface area contributed by atoms with E-state index < -0.39 is 22.0 Å². The Balaban J connectivity index is 2.45. The van der Waals surface area contributed by atoms with Crippen molar-refractivity contribution in [3.63, 3.8) is 0 Å². The second-order valence-electron chi connectivity index (χ2n) is 4.62. The van der Waals surface area contributed by atoms with E-state index in [1.807, 2.05) is 0 Å². The highest BCUT2D eigenvalue weighted by atomic mass is 32.2. The van der Waals surface area contributed by atoms with Crippen LogP contribution in [0.4, 0.5) is 0 Å². The average Bonchev–Trinajstić information content (AvgIpc) is 2.47. The Labute approximate surface area is 123 Å². The van der Waals surface area contributed by atoms with Crippen LogP contribution in [0.5, 0.6) is 0 Å². The number of aliphatic carboxylic acids is 1. The molecule has 0 radical (unpaired) electrons. The molecule has 0 saturated carbocycles. The number of sulfonamides is 1. The van der Waals surface area contributed by atoms with Crippen LogP contribution in [-0.4, -0.2) is 42.6 Å². The van der Waals surface area contributed by atoms with E-state index in [1.54, 1.807) is 24.5 Å². The summed E-state index contributed by atoms with van der Waals surface area (Å²) < 4.78 is 26.6. The van der Waals surface area contributed by atoms with Crippen molar-refractivity contribution in [3.05, 3.63) is 24.3 Å². The van der Waals surface area contributed by atoms with Crippen LogP contribution < -0.4 is 0 Å². The van der Waals surface area contributed by atoms with Gasteiger partial charge < -0.3 is 5.11 Å². The molecule has 1 heterocycles. The van der Waals surface area contributed by atoms with Crippen molar-refractivity contribution in [2.45, 2.75) is 35.1 Å². The maximum Gasteiger partial charge on any atom is 0.322 e. The molecule has 7 heteroatoms. The van der Waals surface area contributed by atoms with Crippen molar-refractivity contribution in [2.75, 3.05) is 12.8 Å². The lowest BCUT2D eigenvalue weighted by Gasteiger charge is -2.32. The third kappa shape index (κ3) is 2.84. The SMILES string of the molecule is CSc1ccccc1S(=O)(=O)N1CCCCC1C(=O)O. The van der Waals surface area contributed by atoms with Crippen LogP contribution >= 0.6 is 11.8 Å². The van der Waals surface area contributed by atoms with E-state index in [0.717, 1.165) is 10.7 Å². The van der Waals surface area contributed by atoms with Gasteiger partial charge in [0.2, 0.25) is 10.0 Å². The summed E-state index contributed by atoms with van der Waals surface area (Å²) in [7, 11) is -3.77. The second-order valence-corrected chi connectivity index (χ2v) is 7.32. The molecule has 1 aliphatic heterocycles. The van der Waals surface area contributed by atoms with Crippen LogP contribution in [0.1, 0.15) is 19.3 Å². The van der Waals surface area contributed by atoms with Crippen LogP contribution in [0, 0.1) is 0 Å². The highest BCUT2D eigenvalue weighted by Gasteiger charge is 2.38. The van der Waals surface area contributed by atoms with E-state index >= 15 is 0 Å². The fraction of sp³-hybridized carbons (Fsp3) is 0.462. The number of piperidine rings is 1. The molecule has 0 aromatic heterocycles. The molecule has 1 aromatic carbocycles. The van der Waals surface area contributed by atoms with Crippen molar-refractivity contribution >= 4 is 27.8 Å². The van der Waals surface area contributed by atoms with E-state index in [-0.39, 0.29) is 11.4 Å². The van der Waals surface area contributed by atoms with E-state index in [0.29, 0.717) is 17.7 Å². The number of benzene rings is 1. The summed E-state index contributed by atoms with van der Waals surface area (Å²) in [4.78, 5) is 12.1. The Morgan fingerprint density at radius 3 is 2.70 bits per heavy atom. The van der Waals surface area contributed by atoms with Crippen molar-refractivity contribution in [3.8, 4) is 0 Å². The molecular weight excluding hydrogens is 298 g/mol. The smallest absolute Gasteiger partial charge is 0.322 e. The summed E-state index contributed by atoms with van der Waals surface area (Å²) in [5, 5.41) is 9.23. The first-order chi connectivity index (χ1) is 9.48. The zero-order valence-corrected chi connectivity index (χ0v) is 12.8. The molecule has 1 fully saturated rings. The third-order valence-corrected chi connectivity index (χ3v) is 6.29. The molecular formula is C13H17NO4S2. The number of thioether (sulfide) groups is 1. The summed E-state index contributed by atoms with van der Waals surface area (Å²) in [6.07, 6.45) is 3.62. The lowest BCUT2D eigenvalue weighted by Crippen LogP contribution is -2.47. The average molecular weight is 315 g/mol.